The Morgan fingerprint density at radius 2 is 2.10 bits per heavy atom. The molecule has 0 radical (unpaired) electrons. The molecule has 4 N–H and O–H groups in total. The zero-order chi connectivity index (χ0) is 15.8. The van der Waals surface area contributed by atoms with Crippen molar-refractivity contribution in [1.29, 1.82) is 0 Å². The number of benzene rings is 1. The van der Waals surface area contributed by atoms with E-state index in [9.17, 15) is 17.6 Å². The van der Waals surface area contributed by atoms with Gasteiger partial charge in [0, 0.05) is 19.0 Å². The Morgan fingerprint density at radius 3 is 2.67 bits per heavy atom. The van der Waals surface area contributed by atoms with Crippen LogP contribution in [0.15, 0.2) is 11.0 Å². The minimum absolute atomic E-state index is 0.00157. The van der Waals surface area contributed by atoms with Gasteiger partial charge in [-0.1, -0.05) is 0 Å². The van der Waals surface area contributed by atoms with E-state index in [2.05, 4.69) is 10.0 Å². The first-order valence-electron chi connectivity index (χ1n) is 6.56. The highest BCUT2D eigenvalue weighted by atomic mass is 32.2. The number of sulfonamides is 1. The molecule has 1 aromatic carbocycles. The average molecular weight is 315 g/mol. The van der Waals surface area contributed by atoms with Crippen molar-refractivity contribution in [2.24, 2.45) is 0 Å². The third kappa shape index (κ3) is 3.16. The maximum Gasteiger partial charge on any atom is 0.241 e. The SMILES string of the molecule is Cc1cc(F)c(N)c(C)c1S(=O)(=O)NC1CCC(=O)NC1. The van der Waals surface area contributed by atoms with E-state index in [4.69, 9.17) is 5.73 Å². The van der Waals surface area contributed by atoms with E-state index in [1.807, 2.05) is 0 Å². The summed E-state index contributed by atoms with van der Waals surface area (Å²) in [6, 6.07) is 0.734. The number of nitrogens with one attached hydrogen (secondary N) is 2. The summed E-state index contributed by atoms with van der Waals surface area (Å²) in [7, 11) is -3.83. The van der Waals surface area contributed by atoms with Crippen molar-refractivity contribution in [2.75, 3.05) is 12.3 Å². The van der Waals surface area contributed by atoms with E-state index in [-0.39, 0.29) is 41.1 Å². The van der Waals surface area contributed by atoms with Crippen LogP contribution in [0, 0.1) is 19.7 Å². The number of halogens is 1. The molecule has 1 fully saturated rings. The van der Waals surface area contributed by atoms with Crippen molar-refractivity contribution < 1.29 is 17.6 Å². The van der Waals surface area contributed by atoms with Gasteiger partial charge in [-0.15, -0.1) is 0 Å². The van der Waals surface area contributed by atoms with E-state index in [0.29, 0.717) is 12.0 Å². The molecule has 2 rings (SSSR count). The van der Waals surface area contributed by atoms with Crippen LogP contribution in [-0.2, 0) is 14.8 Å². The number of piperidine rings is 1. The Bertz CT molecular complexity index is 678. The number of aryl methyl sites for hydroxylation is 1. The van der Waals surface area contributed by atoms with Crippen molar-refractivity contribution in [2.45, 2.75) is 37.6 Å². The first-order valence-corrected chi connectivity index (χ1v) is 8.05. The second kappa shape index (κ2) is 5.61. The fourth-order valence-electron chi connectivity index (χ4n) is 2.46. The second-order valence-corrected chi connectivity index (χ2v) is 6.85. The van der Waals surface area contributed by atoms with Gasteiger partial charge in [-0.2, -0.15) is 0 Å². The quantitative estimate of drug-likeness (QED) is 0.710. The van der Waals surface area contributed by atoms with Crippen LogP contribution in [0.5, 0.6) is 0 Å². The van der Waals surface area contributed by atoms with Crippen LogP contribution in [0.1, 0.15) is 24.0 Å². The summed E-state index contributed by atoms with van der Waals surface area (Å²) in [6.45, 7) is 3.24. The van der Waals surface area contributed by atoms with Gasteiger partial charge < -0.3 is 11.1 Å². The predicted octanol–water partition coefficient (Wildman–Crippen LogP) is 0.582. The van der Waals surface area contributed by atoms with Gasteiger partial charge in [0.2, 0.25) is 15.9 Å². The largest absolute Gasteiger partial charge is 0.396 e. The number of carbonyl (C=O) groups excluding carboxylic acids is 1. The maximum absolute atomic E-state index is 13.5. The molecule has 1 amide bonds. The fourth-order valence-corrected chi connectivity index (χ4v) is 4.21. The molecule has 0 saturated carbocycles. The van der Waals surface area contributed by atoms with E-state index in [1.54, 1.807) is 0 Å². The highest BCUT2D eigenvalue weighted by Crippen LogP contribution is 2.27. The van der Waals surface area contributed by atoms with Gasteiger partial charge in [0.15, 0.2) is 0 Å². The number of nitrogen functional groups attached to an aromatic ring is 1. The Hall–Kier alpha value is -1.67. The van der Waals surface area contributed by atoms with Gasteiger partial charge >= 0.3 is 0 Å². The molecular formula is C13H18FN3O3S. The Labute approximate surface area is 123 Å². The number of amides is 1. The second-order valence-electron chi connectivity index (χ2n) is 5.20. The van der Waals surface area contributed by atoms with Gasteiger partial charge in [-0.05, 0) is 37.5 Å². The molecule has 1 unspecified atom stereocenters. The molecule has 1 aliphatic rings. The Kier molecular flexibility index (Phi) is 4.20. The highest BCUT2D eigenvalue weighted by molar-refractivity contribution is 7.89. The number of nitrogens with two attached hydrogens (primary N) is 1. The molecule has 0 spiro atoms. The number of hydrogen-bond donors (Lipinski definition) is 3. The van der Waals surface area contributed by atoms with Gasteiger partial charge in [-0.3, -0.25) is 4.79 Å². The van der Waals surface area contributed by atoms with Crippen LogP contribution >= 0.6 is 0 Å². The maximum atomic E-state index is 13.5. The van der Waals surface area contributed by atoms with Gasteiger partial charge in [0.1, 0.15) is 5.82 Å². The van der Waals surface area contributed by atoms with E-state index >= 15 is 0 Å². The average Bonchev–Trinajstić information content (AvgIpc) is 2.38. The first-order chi connectivity index (χ1) is 9.72. The summed E-state index contributed by atoms with van der Waals surface area (Å²) >= 11 is 0. The summed E-state index contributed by atoms with van der Waals surface area (Å²) in [5, 5.41) is 2.61. The predicted molar refractivity (Wildman–Crippen MR) is 76.6 cm³/mol. The summed E-state index contributed by atoms with van der Waals surface area (Å²) < 4.78 is 41.0. The van der Waals surface area contributed by atoms with Crippen LogP contribution in [0.3, 0.4) is 0 Å². The molecule has 116 valence electrons. The summed E-state index contributed by atoms with van der Waals surface area (Å²) in [6.07, 6.45) is 0.705. The molecule has 1 atom stereocenters. The lowest BCUT2D eigenvalue weighted by molar-refractivity contribution is -0.122. The molecule has 0 bridgehead atoms. The molecule has 1 aromatic rings. The van der Waals surface area contributed by atoms with Crippen molar-refractivity contribution >= 4 is 21.6 Å². The van der Waals surface area contributed by atoms with E-state index in [0.717, 1.165) is 6.07 Å². The summed E-state index contributed by atoms with van der Waals surface area (Å²) in [5.41, 5.74) is 5.90. The smallest absolute Gasteiger partial charge is 0.241 e. The molecule has 8 heteroatoms. The third-order valence-electron chi connectivity index (χ3n) is 3.56. The number of hydrogen-bond acceptors (Lipinski definition) is 4. The Balaban J connectivity index is 2.32. The van der Waals surface area contributed by atoms with E-state index in [1.165, 1.54) is 13.8 Å². The van der Waals surface area contributed by atoms with Crippen molar-refractivity contribution in [3.63, 3.8) is 0 Å². The van der Waals surface area contributed by atoms with Gasteiger partial charge in [-0.25, -0.2) is 17.5 Å². The van der Waals surface area contributed by atoms with Gasteiger partial charge in [0.05, 0.1) is 10.6 Å². The standard InChI is InChI=1S/C13H18FN3O3S/c1-7-5-10(14)12(15)8(2)13(7)21(19,20)17-9-3-4-11(18)16-6-9/h5,9,17H,3-4,6,15H2,1-2H3,(H,16,18). The zero-order valence-electron chi connectivity index (χ0n) is 11.9. The van der Waals surface area contributed by atoms with Crippen LogP contribution in [0.25, 0.3) is 0 Å². The first kappa shape index (κ1) is 15.7. The van der Waals surface area contributed by atoms with Crippen LogP contribution in [0.2, 0.25) is 0 Å². The van der Waals surface area contributed by atoms with Crippen molar-refractivity contribution in [1.82, 2.24) is 10.0 Å². The van der Waals surface area contributed by atoms with Crippen molar-refractivity contribution in [3.8, 4) is 0 Å². The molecule has 21 heavy (non-hydrogen) atoms. The number of rotatable bonds is 3. The van der Waals surface area contributed by atoms with Crippen LogP contribution < -0.4 is 15.8 Å². The molecule has 0 aromatic heterocycles. The normalized spacial score (nSPS) is 19.4. The molecular weight excluding hydrogens is 297 g/mol. The minimum Gasteiger partial charge on any atom is -0.396 e. The topological polar surface area (TPSA) is 101 Å². The molecule has 1 saturated heterocycles. The lowest BCUT2D eigenvalue weighted by Crippen LogP contribution is -2.47. The molecule has 1 aliphatic heterocycles. The number of anilines is 1. The van der Waals surface area contributed by atoms with Crippen LogP contribution in [0.4, 0.5) is 10.1 Å². The van der Waals surface area contributed by atoms with Gasteiger partial charge in [0.25, 0.3) is 0 Å². The molecule has 1 heterocycles. The fraction of sp³-hybridized carbons (Fsp3) is 0.462. The highest BCUT2D eigenvalue weighted by Gasteiger charge is 2.27. The van der Waals surface area contributed by atoms with Crippen LogP contribution in [-0.4, -0.2) is 26.9 Å². The van der Waals surface area contributed by atoms with E-state index < -0.39 is 15.8 Å². The molecule has 0 aliphatic carbocycles. The minimum atomic E-state index is -3.83. The summed E-state index contributed by atoms with van der Waals surface area (Å²) in [4.78, 5) is 11.1. The monoisotopic (exact) mass is 315 g/mol. The lowest BCUT2D eigenvalue weighted by atomic mass is 10.1. The molecule has 6 nitrogen and oxygen atoms in total. The third-order valence-corrected chi connectivity index (χ3v) is 5.37. The Morgan fingerprint density at radius 1 is 1.43 bits per heavy atom. The lowest BCUT2D eigenvalue weighted by Gasteiger charge is -2.24. The number of carbonyl (C=O) groups is 1. The zero-order valence-corrected chi connectivity index (χ0v) is 12.7. The summed E-state index contributed by atoms with van der Waals surface area (Å²) in [5.74, 6) is -0.724. The van der Waals surface area contributed by atoms with Crippen molar-refractivity contribution in [3.05, 3.63) is 23.0 Å².